The third kappa shape index (κ3) is 5.67. The van der Waals surface area contributed by atoms with Gasteiger partial charge < -0.3 is 18.6 Å². The molecule has 1 amide bonds. The minimum atomic E-state index is -4.19. The largest absolute Gasteiger partial charge is 0.493 e. The third-order valence-corrected chi connectivity index (χ3v) is 5.16. The van der Waals surface area contributed by atoms with Gasteiger partial charge in [-0.2, -0.15) is 8.42 Å². The highest BCUT2D eigenvalue weighted by atomic mass is 32.2. The van der Waals surface area contributed by atoms with Gasteiger partial charge in [0.05, 0.1) is 13.7 Å². The van der Waals surface area contributed by atoms with Gasteiger partial charge in [0.15, 0.2) is 11.5 Å². The molecule has 0 aromatic heterocycles. The number of halogens is 1. The average molecular weight is 411 g/mol. The Balaban J connectivity index is 2.29. The molecule has 0 spiro atoms. The van der Waals surface area contributed by atoms with E-state index in [2.05, 4.69) is 0 Å². The molecule has 0 aliphatic heterocycles. The summed E-state index contributed by atoms with van der Waals surface area (Å²) in [5.74, 6) is -0.520. The number of rotatable bonds is 9. The van der Waals surface area contributed by atoms with Crippen molar-refractivity contribution in [2.75, 3.05) is 27.4 Å². The second kappa shape index (κ2) is 9.52. The summed E-state index contributed by atoms with van der Waals surface area (Å²) in [5.41, 5.74) is 0.649. The lowest BCUT2D eigenvalue weighted by Gasteiger charge is -2.21. The van der Waals surface area contributed by atoms with E-state index in [0.29, 0.717) is 18.7 Å². The second-order valence-electron chi connectivity index (χ2n) is 5.91. The van der Waals surface area contributed by atoms with Crippen LogP contribution in [0.1, 0.15) is 12.5 Å². The normalized spacial score (nSPS) is 11.1. The molecule has 0 aliphatic rings. The summed E-state index contributed by atoms with van der Waals surface area (Å²) in [5, 5.41) is 0. The van der Waals surface area contributed by atoms with Gasteiger partial charge in [0.25, 0.3) is 0 Å². The molecule has 0 fully saturated rings. The zero-order chi connectivity index (χ0) is 20.7. The van der Waals surface area contributed by atoms with E-state index in [1.807, 2.05) is 0 Å². The van der Waals surface area contributed by atoms with Gasteiger partial charge >= 0.3 is 10.1 Å². The topological polar surface area (TPSA) is 82.1 Å². The summed E-state index contributed by atoms with van der Waals surface area (Å²) in [6.07, 6.45) is 0. The Kier molecular flexibility index (Phi) is 7.36. The Morgan fingerprint density at radius 2 is 1.75 bits per heavy atom. The number of benzene rings is 2. The summed E-state index contributed by atoms with van der Waals surface area (Å²) in [4.78, 5) is 13.2. The van der Waals surface area contributed by atoms with Crippen molar-refractivity contribution >= 4 is 16.0 Å². The average Bonchev–Trinajstić information content (AvgIpc) is 2.65. The first kappa shape index (κ1) is 21.6. The minimum Gasteiger partial charge on any atom is -0.493 e. The number of carbonyl (C=O) groups excluding carboxylic acids is 1. The molecule has 0 radical (unpaired) electrons. The van der Waals surface area contributed by atoms with Crippen LogP contribution in [-0.2, 0) is 26.2 Å². The van der Waals surface area contributed by atoms with Gasteiger partial charge in [-0.1, -0.05) is 6.07 Å². The lowest BCUT2D eigenvalue weighted by atomic mass is 10.2. The molecule has 2 aromatic carbocycles. The first-order valence-electron chi connectivity index (χ1n) is 8.38. The zero-order valence-corrected chi connectivity index (χ0v) is 16.7. The second-order valence-corrected chi connectivity index (χ2v) is 7.46. The molecule has 0 heterocycles. The number of nitrogens with zero attached hydrogens (tertiary/aromatic N) is 1. The van der Waals surface area contributed by atoms with E-state index in [0.717, 1.165) is 24.3 Å². The van der Waals surface area contributed by atoms with Crippen molar-refractivity contribution in [3.63, 3.8) is 0 Å². The van der Waals surface area contributed by atoms with E-state index in [1.165, 1.54) is 27.2 Å². The van der Waals surface area contributed by atoms with Crippen LogP contribution < -0.4 is 8.92 Å². The maximum absolute atomic E-state index is 13.1. The van der Waals surface area contributed by atoms with E-state index in [4.69, 9.17) is 13.7 Å². The number of hydrogen-bond donors (Lipinski definition) is 0. The first-order chi connectivity index (χ1) is 13.3. The van der Waals surface area contributed by atoms with Crippen LogP contribution in [0.25, 0.3) is 0 Å². The molecule has 9 heteroatoms. The molecule has 7 nitrogen and oxygen atoms in total. The van der Waals surface area contributed by atoms with Gasteiger partial charge in [0.2, 0.25) is 5.91 Å². The maximum Gasteiger partial charge on any atom is 0.339 e. The van der Waals surface area contributed by atoms with Gasteiger partial charge in [-0.15, -0.1) is 0 Å². The highest BCUT2D eigenvalue weighted by molar-refractivity contribution is 7.87. The Labute approximate surface area is 163 Å². The fraction of sp³-hybridized carbons (Fsp3) is 0.316. The van der Waals surface area contributed by atoms with Crippen LogP contribution in [0.3, 0.4) is 0 Å². The Bertz CT molecular complexity index is 915. The fourth-order valence-corrected chi connectivity index (χ4v) is 3.35. The van der Waals surface area contributed by atoms with E-state index >= 15 is 0 Å². The Morgan fingerprint density at radius 1 is 1.07 bits per heavy atom. The lowest BCUT2D eigenvalue weighted by molar-refractivity contribution is -0.130. The zero-order valence-electron chi connectivity index (χ0n) is 15.8. The van der Waals surface area contributed by atoms with Gasteiger partial charge in [0, 0.05) is 27.1 Å². The molecule has 0 aliphatic carbocycles. The number of amides is 1. The minimum absolute atomic E-state index is 0.0282. The van der Waals surface area contributed by atoms with E-state index in [-0.39, 0.29) is 28.8 Å². The van der Waals surface area contributed by atoms with Crippen LogP contribution in [0.4, 0.5) is 4.39 Å². The van der Waals surface area contributed by atoms with Gasteiger partial charge in [-0.25, -0.2) is 4.39 Å². The third-order valence-electron chi connectivity index (χ3n) is 3.91. The van der Waals surface area contributed by atoms with Crippen molar-refractivity contribution in [1.29, 1.82) is 0 Å². The molecule has 152 valence electrons. The van der Waals surface area contributed by atoms with Crippen LogP contribution >= 0.6 is 0 Å². The molecule has 0 saturated carbocycles. The van der Waals surface area contributed by atoms with Gasteiger partial charge in [0.1, 0.15) is 10.7 Å². The Hall–Kier alpha value is -2.65. The molecule has 2 aromatic rings. The standard InChI is InChI=1S/C19H22FNO6S/c1-14(22)21(10-11-25-2)13-15-4-9-18(26-3)19(12-15)27-28(23,24)17-7-5-16(20)6-8-17/h4-9,12H,10-11,13H2,1-3H3. The fourth-order valence-electron chi connectivity index (χ4n) is 2.42. The molecule has 2 rings (SSSR count). The highest BCUT2D eigenvalue weighted by Crippen LogP contribution is 2.31. The number of carbonyl (C=O) groups is 1. The maximum atomic E-state index is 13.1. The van der Waals surface area contributed by atoms with Crippen molar-refractivity contribution in [3.8, 4) is 11.5 Å². The Morgan fingerprint density at radius 3 is 2.32 bits per heavy atom. The lowest BCUT2D eigenvalue weighted by Crippen LogP contribution is -2.31. The van der Waals surface area contributed by atoms with E-state index < -0.39 is 15.9 Å². The van der Waals surface area contributed by atoms with Crippen LogP contribution in [0.2, 0.25) is 0 Å². The van der Waals surface area contributed by atoms with Crippen molar-refractivity contribution in [1.82, 2.24) is 4.90 Å². The molecular weight excluding hydrogens is 389 g/mol. The summed E-state index contributed by atoms with van der Waals surface area (Å²) in [7, 11) is -1.26. The SMILES string of the molecule is COCCN(Cc1ccc(OC)c(OS(=O)(=O)c2ccc(F)cc2)c1)C(C)=O. The smallest absolute Gasteiger partial charge is 0.339 e. The monoisotopic (exact) mass is 411 g/mol. The van der Waals surface area contributed by atoms with Crippen molar-refractivity contribution in [2.45, 2.75) is 18.4 Å². The van der Waals surface area contributed by atoms with E-state index in [9.17, 15) is 17.6 Å². The van der Waals surface area contributed by atoms with Crippen LogP contribution in [0.5, 0.6) is 11.5 Å². The molecule has 0 unspecified atom stereocenters. The van der Waals surface area contributed by atoms with Crippen molar-refractivity contribution in [3.05, 3.63) is 53.8 Å². The molecule has 0 N–H and O–H groups in total. The highest BCUT2D eigenvalue weighted by Gasteiger charge is 2.20. The molecular formula is C19H22FNO6S. The van der Waals surface area contributed by atoms with Gasteiger partial charge in [-0.3, -0.25) is 4.79 Å². The summed E-state index contributed by atoms with van der Waals surface area (Å²) < 4.78 is 53.4. The predicted octanol–water partition coefficient (Wildman–Crippen LogP) is 2.60. The van der Waals surface area contributed by atoms with Crippen LogP contribution in [-0.4, -0.2) is 46.6 Å². The first-order valence-corrected chi connectivity index (χ1v) is 9.79. The molecule has 28 heavy (non-hydrogen) atoms. The molecule has 0 saturated heterocycles. The van der Waals surface area contributed by atoms with Crippen molar-refractivity contribution in [2.24, 2.45) is 0 Å². The molecule has 0 atom stereocenters. The van der Waals surface area contributed by atoms with Crippen molar-refractivity contribution < 1.29 is 31.3 Å². The number of hydrogen-bond acceptors (Lipinski definition) is 6. The summed E-state index contributed by atoms with van der Waals surface area (Å²) in [6.45, 7) is 2.45. The summed E-state index contributed by atoms with van der Waals surface area (Å²) in [6, 6.07) is 9.04. The molecule has 0 bridgehead atoms. The number of ether oxygens (including phenoxy) is 2. The predicted molar refractivity (Wildman–Crippen MR) is 100 cm³/mol. The quantitative estimate of drug-likeness (QED) is 0.590. The van der Waals surface area contributed by atoms with Crippen LogP contribution in [0.15, 0.2) is 47.4 Å². The van der Waals surface area contributed by atoms with Crippen LogP contribution in [0, 0.1) is 5.82 Å². The summed E-state index contributed by atoms with van der Waals surface area (Å²) >= 11 is 0. The van der Waals surface area contributed by atoms with Gasteiger partial charge in [-0.05, 0) is 42.0 Å². The number of methoxy groups -OCH3 is 2. The van der Waals surface area contributed by atoms with E-state index in [1.54, 1.807) is 17.0 Å².